The summed E-state index contributed by atoms with van der Waals surface area (Å²) < 4.78 is 37.9. The normalized spacial score (nSPS) is 11.6. The number of carbonyl (C=O) groups is 1. The summed E-state index contributed by atoms with van der Waals surface area (Å²) in [5.74, 6) is -0.346. The highest BCUT2D eigenvalue weighted by Gasteiger charge is 2.13. The Labute approximate surface area is 187 Å². The molecule has 0 atom stereocenters. The average molecular weight is 459 g/mol. The second-order valence-corrected chi connectivity index (χ2v) is 12.0. The van der Waals surface area contributed by atoms with Crippen LogP contribution in [0.4, 0.5) is 0 Å². The van der Waals surface area contributed by atoms with Crippen molar-refractivity contribution in [3.05, 3.63) is 35.9 Å². The molecule has 0 fully saturated rings. The molecule has 0 heterocycles. The van der Waals surface area contributed by atoms with Gasteiger partial charge in [0.2, 0.25) is 0 Å². The first-order chi connectivity index (χ1) is 15.0. The van der Waals surface area contributed by atoms with E-state index in [1.807, 2.05) is 6.07 Å². The molecule has 1 rings (SSSR count). The molecule has 0 saturated heterocycles. The van der Waals surface area contributed by atoms with Crippen LogP contribution in [0.5, 0.6) is 0 Å². The van der Waals surface area contributed by atoms with Gasteiger partial charge in [0.1, 0.15) is 6.61 Å². The third-order valence-corrected chi connectivity index (χ3v) is 4.79. The van der Waals surface area contributed by atoms with Gasteiger partial charge in [-0.2, -0.15) is 0 Å². The highest BCUT2D eigenvalue weighted by Crippen LogP contribution is 2.01. The summed E-state index contributed by atoms with van der Waals surface area (Å²) in [4.78, 5) is 11.7. The SMILES string of the molecule is C[Si](C)(C)OCCOCCOCCOCCOCCOCCOC(=O)c1ccccc1. The molecular formula is C22H38O8Si. The van der Waals surface area contributed by atoms with Gasteiger partial charge in [0, 0.05) is 0 Å². The van der Waals surface area contributed by atoms with Crippen LogP contribution in [0.1, 0.15) is 10.4 Å². The van der Waals surface area contributed by atoms with Crippen molar-refractivity contribution in [3.63, 3.8) is 0 Å². The topological polar surface area (TPSA) is 81.7 Å². The molecule has 31 heavy (non-hydrogen) atoms. The summed E-state index contributed by atoms with van der Waals surface area (Å²) in [5, 5.41) is 0. The maximum absolute atomic E-state index is 11.7. The molecule has 0 aliphatic rings. The van der Waals surface area contributed by atoms with Crippen molar-refractivity contribution in [1.29, 1.82) is 0 Å². The first kappa shape index (κ1) is 27.7. The molecular weight excluding hydrogens is 420 g/mol. The fourth-order valence-electron chi connectivity index (χ4n) is 2.24. The molecule has 9 heteroatoms. The smallest absolute Gasteiger partial charge is 0.338 e. The van der Waals surface area contributed by atoms with Crippen molar-refractivity contribution >= 4 is 14.3 Å². The van der Waals surface area contributed by atoms with Gasteiger partial charge < -0.3 is 32.8 Å². The molecule has 0 amide bonds. The standard InChI is InChI=1S/C22H38O8Si/c1-31(2,3)30-20-18-28-16-14-26-12-10-24-9-11-25-13-15-27-17-19-29-22(23)21-7-5-4-6-8-21/h4-8H,9-20H2,1-3H3. The average Bonchev–Trinajstić information content (AvgIpc) is 2.75. The maximum Gasteiger partial charge on any atom is 0.338 e. The third-order valence-electron chi connectivity index (χ3n) is 3.72. The van der Waals surface area contributed by atoms with Gasteiger partial charge in [-0.05, 0) is 31.8 Å². The Kier molecular flexibility index (Phi) is 16.3. The van der Waals surface area contributed by atoms with Crippen molar-refractivity contribution in [2.45, 2.75) is 19.6 Å². The van der Waals surface area contributed by atoms with Crippen molar-refractivity contribution < 1.29 is 37.6 Å². The van der Waals surface area contributed by atoms with Crippen LogP contribution in [0.15, 0.2) is 30.3 Å². The monoisotopic (exact) mass is 458 g/mol. The molecule has 1 aromatic rings. The molecule has 0 N–H and O–H groups in total. The zero-order valence-corrected chi connectivity index (χ0v) is 20.1. The number of hydrogen-bond donors (Lipinski definition) is 0. The minimum Gasteiger partial charge on any atom is -0.460 e. The van der Waals surface area contributed by atoms with Crippen molar-refractivity contribution in [3.8, 4) is 0 Å². The van der Waals surface area contributed by atoms with Crippen molar-refractivity contribution in [2.75, 3.05) is 79.3 Å². The molecule has 0 unspecified atom stereocenters. The fourth-order valence-corrected chi connectivity index (χ4v) is 2.94. The van der Waals surface area contributed by atoms with Crippen LogP contribution in [-0.2, 0) is 32.8 Å². The molecule has 1 aromatic carbocycles. The van der Waals surface area contributed by atoms with Gasteiger partial charge in [0.25, 0.3) is 0 Å². The molecule has 0 saturated carbocycles. The second-order valence-electron chi connectivity index (χ2n) is 7.52. The van der Waals surface area contributed by atoms with Gasteiger partial charge in [-0.3, -0.25) is 0 Å². The van der Waals surface area contributed by atoms with Crippen molar-refractivity contribution in [2.24, 2.45) is 0 Å². The predicted molar refractivity (Wildman–Crippen MR) is 120 cm³/mol. The van der Waals surface area contributed by atoms with Gasteiger partial charge >= 0.3 is 5.97 Å². The number of benzene rings is 1. The second kappa shape index (κ2) is 18.3. The van der Waals surface area contributed by atoms with E-state index in [1.54, 1.807) is 24.3 Å². The Morgan fingerprint density at radius 1 is 0.613 bits per heavy atom. The van der Waals surface area contributed by atoms with E-state index < -0.39 is 8.32 Å². The molecule has 0 aliphatic carbocycles. The van der Waals surface area contributed by atoms with Gasteiger partial charge in [0.05, 0.1) is 78.2 Å². The van der Waals surface area contributed by atoms with Crippen LogP contribution in [0.3, 0.4) is 0 Å². The van der Waals surface area contributed by atoms with Crippen LogP contribution < -0.4 is 0 Å². The van der Waals surface area contributed by atoms with Crippen LogP contribution >= 0.6 is 0 Å². The minimum absolute atomic E-state index is 0.216. The molecule has 0 bridgehead atoms. The lowest BCUT2D eigenvalue weighted by molar-refractivity contribution is -0.0164. The van der Waals surface area contributed by atoms with E-state index in [0.29, 0.717) is 78.2 Å². The summed E-state index contributed by atoms with van der Waals surface area (Å²) in [5.41, 5.74) is 0.535. The van der Waals surface area contributed by atoms with Gasteiger partial charge in [0.15, 0.2) is 8.32 Å². The first-order valence-corrected chi connectivity index (χ1v) is 14.1. The van der Waals surface area contributed by atoms with E-state index in [0.717, 1.165) is 0 Å². The Bertz CT molecular complexity index is 550. The molecule has 8 nitrogen and oxygen atoms in total. The van der Waals surface area contributed by atoms with Crippen LogP contribution in [0.25, 0.3) is 0 Å². The predicted octanol–water partition coefficient (Wildman–Crippen LogP) is 2.78. The zero-order valence-electron chi connectivity index (χ0n) is 19.1. The van der Waals surface area contributed by atoms with Crippen LogP contribution in [-0.4, -0.2) is 93.6 Å². The molecule has 178 valence electrons. The summed E-state index contributed by atoms with van der Waals surface area (Å²) in [7, 11) is -1.44. The van der Waals surface area contributed by atoms with Gasteiger partial charge in [-0.1, -0.05) is 18.2 Å². The number of esters is 1. The number of ether oxygens (including phenoxy) is 6. The van der Waals surface area contributed by atoms with E-state index in [4.69, 9.17) is 32.8 Å². The summed E-state index contributed by atoms with van der Waals surface area (Å²) in [6.45, 7) is 12.3. The highest BCUT2D eigenvalue weighted by atomic mass is 28.4. The van der Waals surface area contributed by atoms with Gasteiger partial charge in [-0.15, -0.1) is 0 Å². The largest absolute Gasteiger partial charge is 0.460 e. The molecule has 0 radical (unpaired) electrons. The number of hydrogen-bond acceptors (Lipinski definition) is 8. The van der Waals surface area contributed by atoms with Crippen molar-refractivity contribution in [1.82, 2.24) is 0 Å². The lowest BCUT2D eigenvalue weighted by atomic mass is 10.2. The lowest BCUT2D eigenvalue weighted by Gasteiger charge is -2.16. The van der Waals surface area contributed by atoms with E-state index in [9.17, 15) is 4.79 Å². The lowest BCUT2D eigenvalue weighted by Crippen LogP contribution is -2.27. The van der Waals surface area contributed by atoms with E-state index in [1.165, 1.54) is 0 Å². The molecule has 0 spiro atoms. The first-order valence-electron chi connectivity index (χ1n) is 10.7. The summed E-state index contributed by atoms with van der Waals surface area (Å²) in [6.07, 6.45) is 0. The zero-order chi connectivity index (χ0) is 22.6. The van der Waals surface area contributed by atoms with Gasteiger partial charge in [-0.25, -0.2) is 4.79 Å². The van der Waals surface area contributed by atoms with E-state index in [-0.39, 0.29) is 12.6 Å². The summed E-state index contributed by atoms with van der Waals surface area (Å²) in [6, 6.07) is 8.87. The Morgan fingerprint density at radius 3 is 1.42 bits per heavy atom. The Morgan fingerprint density at radius 2 is 1.00 bits per heavy atom. The van der Waals surface area contributed by atoms with Crippen LogP contribution in [0, 0.1) is 0 Å². The molecule has 0 aromatic heterocycles. The van der Waals surface area contributed by atoms with E-state index in [2.05, 4.69) is 19.6 Å². The minimum atomic E-state index is -1.44. The summed E-state index contributed by atoms with van der Waals surface area (Å²) >= 11 is 0. The fraction of sp³-hybridized carbons (Fsp3) is 0.682. The Balaban J connectivity index is 1.73. The number of rotatable bonds is 20. The Hall–Kier alpha value is -1.33. The highest BCUT2D eigenvalue weighted by molar-refractivity contribution is 6.69. The quantitative estimate of drug-likeness (QED) is 0.168. The van der Waals surface area contributed by atoms with E-state index >= 15 is 0 Å². The molecule has 0 aliphatic heterocycles. The maximum atomic E-state index is 11.7. The third kappa shape index (κ3) is 18.0. The van der Waals surface area contributed by atoms with Crippen LogP contribution in [0.2, 0.25) is 19.6 Å². The number of carbonyl (C=O) groups excluding carboxylic acids is 1.